The van der Waals surface area contributed by atoms with Gasteiger partial charge in [-0.1, -0.05) is 182 Å². The Hall–Kier alpha value is -7.01. The topological polar surface area (TPSA) is 38.7 Å². The highest BCUT2D eigenvalue weighted by molar-refractivity contribution is 7.26. The first-order valence-electron chi connectivity index (χ1n) is 18.4. The summed E-state index contributed by atoms with van der Waals surface area (Å²) in [7, 11) is 0. The largest absolute Gasteiger partial charge is 0.208 e. The van der Waals surface area contributed by atoms with E-state index in [0.717, 1.165) is 33.4 Å². The molecule has 0 saturated carbocycles. The van der Waals surface area contributed by atoms with E-state index in [1.807, 2.05) is 47.7 Å². The van der Waals surface area contributed by atoms with Crippen molar-refractivity contribution in [1.29, 1.82) is 0 Å². The summed E-state index contributed by atoms with van der Waals surface area (Å²) in [6.45, 7) is 0. The average Bonchev–Trinajstić information content (AvgIpc) is 3.67. The molecule has 0 aliphatic carbocycles. The number of thiophene rings is 1. The normalized spacial score (nSPS) is 11.3. The lowest BCUT2D eigenvalue weighted by Gasteiger charge is -2.13. The number of nitrogens with zero attached hydrogens (tertiary/aromatic N) is 3. The molecule has 0 bridgehead atoms. The number of rotatable bonds is 7. The van der Waals surface area contributed by atoms with Gasteiger partial charge >= 0.3 is 0 Å². The third-order valence-corrected chi connectivity index (χ3v) is 11.4. The Morgan fingerprint density at radius 1 is 0.255 bits per heavy atom. The number of benzene rings is 8. The fourth-order valence-electron chi connectivity index (χ4n) is 7.39. The predicted molar refractivity (Wildman–Crippen MR) is 231 cm³/mol. The Morgan fingerprint density at radius 3 is 1.13 bits per heavy atom. The van der Waals surface area contributed by atoms with Crippen LogP contribution in [-0.2, 0) is 0 Å². The van der Waals surface area contributed by atoms with Crippen LogP contribution in [0, 0.1) is 0 Å². The monoisotopic (exact) mass is 719 g/mol. The second-order valence-corrected chi connectivity index (χ2v) is 14.6. The standard InChI is InChI=1S/C51H33N3S/c1-5-15-34(16-6-1)35-27-29-36(30-28-35)40-31-41(44-24-14-26-46-45-25-13-23-43(47(45)55-48(44)46)37-17-7-2-8-18-37)33-42(32-40)51-53-49(38-19-9-3-10-20-38)52-50(54-51)39-21-11-4-12-22-39/h1-33H. The van der Waals surface area contributed by atoms with Crippen LogP contribution in [0.1, 0.15) is 0 Å². The molecule has 2 heterocycles. The molecular weight excluding hydrogens is 687 g/mol. The molecule has 10 aromatic rings. The van der Waals surface area contributed by atoms with Gasteiger partial charge in [-0.15, -0.1) is 11.3 Å². The van der Waals surface area contributed by atoms with Crippen LogP contribution in [0.4, 0.5) is 0 Å². The van der Waals surface area contributed by atoms with Crippen LogP contribution in [0.3, 0.4) is 0 Å². The van der Waals surface area contributed by atoms with E-state index in [2.05, 4.69) is 164 Å². The predicted octanol–water partition coefficient (Wildman–Crippen LogP) is 13.9. The summed E-state index contributed by atoms with van der Waals surface area (Å²) in [4.78, 5) is 15.3. The Kier molecular flexibility index (Phi) is 8.36. The zero-order valence-corrected chi connectivity index (χ0v) is 30.6. The molecule has 0 aliphatic rings. The highest BCUT2D eigenvalue weighted by atomic mass is 32.1. The molecule has 0 aliphatic heterocycles. The zero-order valence-electron chi connectivity index (χ0n) is 29.8. The molecule has 55 heavy (non-hydrogen) atoms. The molecule has 3 nitrogen and oxygen atoms in total. The average molecular weight is 720 g/mol. The van der Waals surface area contributed by atoms with Crippen LogP contribution in [0.5, 0.6) is 0 Å². The van der Waals surface area contributed by atoms with Crippen LogP contribution in [0.15, 0.2) is 200 Å². The van der Waals surface area contributed by atoms with Gasteiger partial charge in [-0.25, -0.2) is 15.0 Å². The Balaban J connectivity index is 1.19. The van der Waals surface area contributed by atoms with Crippen molar-refractivity contribution >= 4 is 31.5 Å². The molecule has 10 rings (SSSR count). The lowest BCUT2D eigenvalue weighted by atomic mass is 9.94. The summed E-state index contributed by atoms with van der Waals surface area (Å²) in [6.07, 6.45) is 0. The summed E-state index contributed by atoms with van der Waals surface area (Å²) in [6, 6.07) is 70.5. The SMILES string of the molecule is c1ccc(-c2ccc(-c3cc(-c4nc(-c5ccccc5)nc(-c5ccccc5)n4)cc(-c4cccc5c4sc4c(-c6ccccc6)cccc45)c3)cc2)cc1. The summed E-state index contributed by atoms with van der Waals surface area (Å²) in [5.74, 6) is 1.92. The van der Waals surface area contributed by atoms with Crippen molar-refractivity contribution in [3.8, 4) is 78.7 Å². The fourth-order valence-corrected chi connectivity index (χ4v) is 8.77. The Bertz CT molecular complexity index is 2880. The van der Waals surface area contributed by atoms with E-state index in [0.29, 0.717) is 17.5 Å². The minimum Gasteiger partial charge on any atom is -0.208 e. The van der Waals surface area contributed by atoms with Crippen LogP contribution in [0.2, 0.25) is 0 Å². The van der Waals surface area contributed by atoms with E-state index in [1.165, 1.54) is 48.0 Å². The first-order chi connectivity index (χ1) is 27.2. The van der Waals surface area contributed by atoms with Crippen molar-refractivity contribution < 1.29 is 0 Å². The van der Waals surface area contributed by atoms with E-state index in [1.54, 1.807) is 0 Å². The van der Waals surface area contributed by atoms with Gasteiger partial charge in [0.15, 0.2) is 17.5 Å². The number of hydrogen-bond acceptors (Lipinski definition) is 4. The molecular formula is C51H33N3S. The van der Waals surface area contributed by atoms with Crippen molar-refractivity contribution in [2.75, 3.05) is 0 Å². The number of aromatic nitrogens is 3. The highest BCUT2D eigenvalue weighted by Gasteiger charge is 2.18. The molecule has 8 aromatic carbocycles. The van der Waals surface area contributed by atoms with E-state index in [9.17, 15) is 0 Å². The minimum atomic E-state index is 0.631. The Morgan fingerprint density at radius 2 is 0.618 bits per heavy atom. The van der Waals surface area contributed by atoms with Gasteiger partial charge in [-0.2, -0.15) is 0 Å². The van der Waals surface area contributed by atoms with Crippen LogP contribution in [0.25, 0.3) is 98.8 Å². The zero-order chi connectivity index (χ0) is 36.6. The quantitative estimate of drug-likeness (QED) is 0.165. The highest BCUT2D eigenvalue weighted by Crippen LogP contribution is 2.45. The summed E-state index contributed by atoms with van der Waals surface area (Å²) < 4.78 is 2.55. The fraction of sp³-hybridized carbons (Fsp3) is 0. The van der Waals surface area contributed by atoms with E-state index in [4.69, 9.17) is 15.0 Å². The first kappa shape index (κ1) is 32.6. The maximum absolute atomic E-state index is 5.15. The van der Waals surface area contributed by atoms with Crippen molar-refractivity contribution in [3.63, 3.8) is 0 Å². The summed E-state index contributed by atoms with van der Waals surface area (Å²) >= 11 is 1.87. The molecule has 0 N–H and O–H groups in total. The van der Waals surface area contributed by atoms with E-state index >= 15 is 0 Å². The van der Waals surface area contributed by atoms with Gasteiger partial charge in [0.2, 0.25) is 0 Å². The van der Waals surface area contributed by atoms with Gasteiger partial charge in [0.25, 0.3) is 0 Å². The Labute approximate surface area is 323 Å². The van der Waals surface area contributed by atoms with Crippen molar-refractivity contribution in [3.05, 3.63) is 200 Å². The molecule has 0 spiro atoms. The number of fused-ring (bicyclic) bond motifs is 3. The molecule has 0 atom stereocenters. The lowest BCUT2D eigenvalue weighted by Crippen LogP contribution is -2.00. The second kappa shape index (κ2) is 14.1. The van der Waals surface area contributed by atoms with Gasteiger partial charge < -0.3 is 0 Å². The minimum absolute atomic E-state index is 0.631. The molecule has 4 heteroatoms. The first-order valence-corrected chi connectivity index (χ1v) is 19.3. The van der Waals surface area contributed by atoms with E-state index in [-0.39, 0.29) is 0 Å². The molecule has 2 aromatic heterocycles. The van der Waals surface area contributed by atoms with Gasteiger partial charge in [-0.05, 0) is 62.7 Å². The lowest BCUT2D eigenvalue weighted by molar-refractivity contribution is 1.07. The molecule has 0 radical (unpaired) electrons. The van der Waals surface area contributed by atoms with Gasteiger partial charge in [-0.3, -0.25) is 0 Å². The third kappa shape index (κ3) is 6.29. The molecule has 258 valence electrons. The number of hydrogen-bond donors (Lipinski definition) is 0. The third-order valence-electron chi connectivity index (χ3n) is 10.1. The molecule has 0 fully saturated rings. The molecule has 0 unspecified atom stereocenters. The van der Waals surface area contributed by atoms with Crippen molar-refractivity contribution in [2.24, 2.45) is 0 Å². The van der Waals surface area contributed by atoms with Gasteiger partial charge in [0.05, 0.1) is 0 Å². The maximum Gasteiger partial charge on any atom is 0.164 e. The molecule has 0 saturated heterocycles. The second-order valence-electron chi connectivity index (χ2n) is 13.6. The van der Waals surface area contributed by atoms with Crippen molar-refractivity contribution in [1.82, 2.24) is 15.0 Å². The van der Waals surface area contributed by atoms with Crippen LogP contribution < -0.4 is 0 Å². The summed E-state index contributed by atoms with van der Waals surface area (Å²) in [5.41, 5.74) is 12.2. The van der Waals surface area contributed by atoms with Crippen molar-refractivity contribution in [2.45, 2.75) is 0 Å². The maximum atomic E-state index is 5.15. The van der Waals surface area contributed by atoms with Gasteiger partial charge in [0, 0.05) is 36.9 Å². The van der Waals surface area contributed by atoms with Gasteiger partial charge in [0.1, 0.15) is 0 Å². The smallest absolute Gasteiger partial charge is 0.164 e. The summed E-state index contributed by atoms with van der Waals surface area (Å²) in [5, 5.41) is 2.53. The van der Waals surface area contributed by atoms with Crippen LogP contribution >= 0.6 is 11.3 Å². The van der Waals surface area contributed by atoms with Crippen LogP contribution in [-0.4, -0.2) is 15.0 Å². The molecule has 0 amide bonds. The van der Waals surface area contributed by atoms with E-state index < -0.39 is 0 Å².